The number of rotatable bonds is 3. The highest BCUT2D eigenvalue weighted by Gasteiger charge is 2.08. The molecule has 0 spiro atoms. The van der Waals surface area contributed by atoms with Crippen LogP contribution in [0, 0.1) is 10.1 Å². The van der Waals surface area contributed by atoms with Crippen molar-refractivity contribution in [3.8, 4) is 0 Å². The molecule has 1 aromatic carbocycles. The van der Waals surface area contributed by atoms with Crippen LogP contribution in [0.25, 0.3) is 0 Å². The Hall–Kier alpha value is -1.18. The monoisotopic (exact) mass is 307 g/mol. The first-order chi connectivity index (χ1) is 6.63. The Morgan fingerprint density at radius 1 is 1.57 bits per heavy atom. The first-order valence-corrected chi connectivity index (χ1v) is 4.55. The number of carbonyl (C=O) groups is 1. The molecule has 6 heteroatoms. The zero-order valence-corrected chi connectivity index (χ0v) is 9.13. The molecule has 0 saturated carbocycles. The van der Waals surface area contributed by atoms with E-state index in [1.807, 2.05) is 0 Å². The standard InChI is InChI=1S/C8H6INO4/c9-14-8(11)7-3-1-2-6(4-7)5-10(12)13/h1-4H,5H2. The van der Waals surface area contributed by atoms with E-state index in [9.17, 15) is 14.9 Å². The van der Waals surface area contributed by atoms with Gasteiger partial charge in [0.05, 0.1) is 5.56 Å². The molecular weight excluding hydrogens is 301 g/mol. The predicted molar refractivity (Wildman–Crippen MR) is 56.6 cm³/mol. The normalized spacial score (nSPS) is 9.50. The minimum absolute atomic E-state index is 0.289. The highest BCUT2D eigenvalue weighted by atomic mass is 127. The summed E-state index contributed by atoms with van der Waals surface area (Å²) in [5, 5.41) is 10.2. The Labute approximate surface area is 93.9 Å². The highest BCUT2D eigenvalue weighted by molar-refractivity contribution is 14.1. The maximum atomic E-state index is 11.1. The molecule has 1 rings (SSSR count). The Bertz CT molecular complexity index is 366. The zero-order chi connectivity index (χ0) is 10.6. The lowest BCUT2D eigenvalue weighted by Gasteiger charge is -1.98. The van der Waals surface area contributed by atoms with E-state index in [4.69, 9.17) is 0 Å². The maximum Gasteiger partial charge on any atom is 0.347 e. The summed E-state index contributed by atoms with van der Waals surface area (Å²) in [6.45, 7) is -0.289. The third kappa shape index (κ3) is 2.95. The second kappa shape index (κ2) is 4.89. The van der Waals surface area contributed by atoms with Crippen LogP contribution < -0.4 is 0 Å². The summed E-state index contributed by atoms with van der Waals surface area (Å²) < 4.78 is 4.46. The molecule has 0 saturated heterocycles. The van der Waals surface area contributed by atoms with Crippen LogP contribution in [0.3, 0.4) is 0 Å². The van der Waals surface area contributed by atoms with Gasteiger partial charge >= 0.3 is 5.97 Å². The molecule has 74 valence electrons. The predicted octanol–water partition coefficient (Wildman–Crippen LogP) is 1.97. The maximum absolute atomic E-state index is 11.1. The number of hydrogen-bond acceptors (Lipinski definition) is 4. The van der Waals surface area contributed by atoms with E-state index in [2.05, 4.69) is 3.07 Å². The lowest BCUT2D eigenvalue weighted by molar-refractivity contribution is -0.496. The molecule has 5 nitrogen and oxygen atoms in total. The van der Waals surface area contributed by atoms with Crippen molar-refractivity contribution < 1.29 is 12.8 Å². The second-order valence-corrected chi connectivity index (χ2v) is 3.00. The first-order valence-electron chi connectivity index (χ1n) is 3.67. The lowest BCUT2D eigenvalue weighted by atomic mass is 10.1. The van der Waals surface area contributed by atoms with Crippen LogP contribution in [0.15, 0.2) is 24.3 Å². The van der Waals surface area contributed by atoms with Crippen LogP contribution in [-0.2, 0) is 9.61 Å². The Balaban J connectivity index is 2.89. The van der Waals surface area contributed by atoms with Gasteiger partial charge in [0.15, 0.2) is 23.0 Å². The van der Waals surface area contributed by atoms with Gasteiger partial charge in [-0.1, -0.05) is 12.1 Å². The Morgan fingerprint density at radius 3 is 2.86 bits per heavy atom. The van der Waals surface area contributed by atoms with Crippen molar-refractivity contribution >= 4 is 29.0 Å². The molecule has 0 aromatic heterocycles. The number of benzene rings is 1. The molecule has 14 heavy (non-hydrogen) atoms. The highest BCUT2D eigenvalue weighted by Crippen LogP contribution is 2.09. The van der Waals surface area contributed by atoms with Crippen LogP contribution in [0.2, 0.25) is 0 Å². The fourth-order valence-electron chi connectivity index (χ4n) is 0.990. The molecule has 0 amide bonds. The van der Waals surface area contributed by atoms with Gasteiger partial charge < -0.3 is 3.07 Å². The molecule has 0 aliphatic heterocycles. The third-order valence-electron chi connectivity index (χ3n) is 1.54. The van der Waals surface area contributed by atoms with Crippen LogP contribution in [0.4, 0.5) is 0 Å². The number of halogens is 1. The molecule has 0 radical (unpaired) electrons. The number of carbonyl (C=O) groups excluding carboxylic acids is 1. The molecule has 0 bridgehead atoms. The largest absolute Gasteiger partial charge is 0.391 e. The van der Waals surface area contributed by atoms with E-state index < -0.39 is 10.9 Å². The summed E-state index contributed by atoms with van der Waals surface area (Å²) in [7, 11) is 0. The van der Waals surface area contributed by atoms with E-state index in [1.165, 1.54) is 29.1 Å². The average molecular weight is 307 g/mol. The van der Waals surface area contributed by atoms with Crippen molar-refractivity contribution in [2.75, 3.05) is 0 Å². The quantitative estimate of drug-likeness (QED) is 0.486. The van der Waals surface area contributed by atoms with E-state index in [1.54, 1.807) is 18.2 Å². The number of hydrogen-bond donors (Lipinski definition) is 0. The zero-order valence-electron chi connectivity index (χ0n) is 6.97. The molecule has 0 aliphatic rings. The Morgan fingerprint density at radius 2 is 2.29 bits per heavy atom. The first kappa shape index (κ1) is 10.9. The smallest absolute Gasteiger partial charge is 0.347 e. The molecule has 0 aliphatic carbocycles. The molecular formula is C8H6INO4. The summed E-state index contributed by atoms with van der Waals surface area (Å²) in [6, 6.07) is 6.17. The van der Waals surface area contributed by atoms with Gasteiger partial charge in [-0.2, -0.15) is 0 Å². The number of nitro groups is 1. The molecule has 0 atom stereocenters. The van der Waals surface area contributed by atoms with Gasteiger partial charge in [0.25, 0.3) is 0 Å². The van der Waals surface area contributed by atoms with Gasteiger partial charge in [-0.05, 0) is 12.1 Å². The van der Waals surface area contributed by atoms with Crippen molar-refractivity contribution in [3.63, 3.8) is 0 Å². The molecule has 0 fully saturated rings. The molecule has 0 heterocycles. The summed E-state index contributed by atoms with van der Waals surface area (Å²) >= 11 is 1.47. The number of nitrogens with zero attached hydrogens (tertiary/aromatic N) is 1. The van der Waals surface area contributed by atoms with Gasteiger partial charge in [0.2, 0.25) is 6.54 Å². The van der Waals surface area contributed by atoms with Crippen LogP contribution in [0.1, 0.15) is 15.9 Å². The van der Waals surface area contributed by atoms with Gasteiger partial charge in [-0.25, -0.2) is 4.79 Å². The van der Waals surface area contributed by atoms with Gasteiger partial charge in [0.1, 0.15) is 0 Å². The van der Waals surface area contributed by atoms with Gasteiger partial charge in [0, 0.05) is 10.5 Å². The van der Waals surface area contributed by atoms with E-state index in [-0.39, 0.29) is 6.54 Å². The topological polar surface area (TPSA) is 69.4 Å². The molecule has 0 N–H and O–H groups in total. The van der Waals surface area contributed by atoms with Gasteiger partial charge in [-0.3, -0.25) is 10.1 Å². The minimum Gasteiger partial charge on any atom is -0.391 e. The molecule has 1 aromatic rings. The van der Waals surface area contributed by atoms with E-state index in [0.29, 0.717) is 11.1 Å². The van der Waals surface area contributed by atoms with Crippen molar-refractivity contribution in [2.45, 2.75) is 6.54 Å². The van der Waals surface area contributed by atoms with Crippen LogP contribution in [-0.4, -0.2) is 10.9 Å². The van der Waals surface area contributed by atoms with Crippen molar-refractivity contribution in [1.29, 1.82) is 0 Å². The third-order valence-corrected chi connectivity index (χ3v) is 1.94. The summed E-state index contributed by atoms with van der Waals surface area (Å²) in [5.41, 5.74) is 0.799. The fraction of sp³-hybridized carbons (Fsp3) is 0.125. The lowest BCUT2D eigenvalue weighted by Crippen LogP contribution is -2.02. The second-order valence-electron chi connectivity index (χ2n) is 2.56. The summed E-state index contributed by atoms with van der Waals surface area (Å²) in [5.74, 6) is -0.504. The SMILES string of the molecule is O=C(OI)c1cccc(C[N+](=O)[O-])c1. The van der Waals surface area contributed by atoms with Crippen molar-refractivity contribution in [1.82, 2.24) is 0 Å². The fourth-order valence-corrected chi connectivity index (χ4v) is 1.24. The summed E-state index contributed by atoms with van der Waals surface area (Å²) in [6.07, 6.45) is 0. The van der Waals surface area contributed by atoms with Gasteiger partial charge in [-0.15, -0.1) is 0 Å². The summed E-state index contributed by atoms with van der Waals surface area (Å²) in [4.78, 5) is 20.8. The van der Waals surface area contributed by atoms with Crippen molar-refractivity contribution in [3.05, 3.63) is 45.5 Å². The minimum atomic E-state index is -0.504. The van der Waals surface area contributed by atoms with Crippen molar-refractivity contribution in [2.24, 2.45) is 0 Å². The molecule has 0 unspecified atom stereocenters. The van der Waals surface area contributed by atoms with E-state index >= 15 is 0 Å². The van der Waals surface area contributed by atoms with Crippen LogP contribution >= 0.6 is 23.0 Å². The Kier molecular flexibility index (Phi) is 3.81. The van der Waals surface area contributed by atoms with Crippen LogP contribution in [0.5, 0.6) is 0 Å². The average Bonchev–Trinajstić information content (AvgIpc) is 2.16. The van der Waals surface area contributed by atoms with E-state index in [0.717, 1.165) is 0 Å².